The highest BCUT2D eigenvalue weighted by Crippen LogP contribution is 2.16. The van der Waals surface area contributed by atoms with Gasteiger partial charge in [-0.05, 0) is 32.0 Å². The molecule has 1 aromatic rings. The van der Waals surface area contributed by atoms with Crippen LogP contribution in [0, 0.1) is 17.7 Å². The van der Waals surface area contributed by atoms with Crippen LogP contribution in [0.5, 0.6) is 0 Å². The summed E-state index contributed by atoms with van der Waals surface area (Å²) in [6.07, 6.45) is 0. The van der Waals surface area contributed by atoms with Gasteiger partial charge in [0.15, 0.2) is 0 Å². The summed E-state index contributed by atoms with van der Waals surface area (Å²) in [5.74, 6) is 4.55. The maximum atomic E-state index is 13.4. The molecular weight excluding hydrogens is 255 g/mol. The van der Waals surface area contributed by atoms with Crippen LogP contribution < -0.4 is 10.5 Å². The summed E-state index contributed by atoms with van der Waals surface area (Å²) in [5.41, 5.74) is 5.60. The molecule has 0 aliphatic carbocycles. The van der Waals surface area contributed by atoms with E-state index in [2.05, 4.69) is 16.6 Å². The highest BCUT2D eigenvalue weighted by Gasteiger charge is 2.15. The predicted octanol–water partition coefficient (Wildman–Crippen LogP) is 1.29. The van der Waals surface area contributed by atoms with Gasteiger partial charge in [-0.1, -0.05) is 11.8 Å². The number of nitrogens with two attached hydrogens (primary N) is 1. The fourth-order valence-electron chi connectivity index (χ4n) is 1.11. The molecule has 4 nitrogen and oxygen atoms in total. The van der Waals surface area contributed by atoms with Gasteiger partial charge in [0.2, 0.25) is 10.0 Å². The summed E-state index contributed by atoms with van der Waals surface area (Å²) in [6.45, 7) is 3.23. The second-order valence-electron chi connectivity index (χ2n) is 3.90. The molecule has 0 unspecified atom stereocenters. The van der Waals surface area contributed by atoms with E-state index in [1.807, 2.05) is 0 Å². The average Bonchev–Trinajstić information content (AvgIpc) is 2.29. The lowest BCUT2D eigenvalue weighted by Gasteiger charge is -2.11. The van der Waals surface area contributed by atoms with Gasteiger partial charge in [0.25, 0.3) is 0 Å². The van der Waals surface area contributed by atoms with Crippen LogP contribution in [-0.2, 0) is 10.0 Å². The molecule has 6 heteroatoms. The standard InChI is InChI=1S/C12H15FN2O2S/c1-9(2)18(16,17)15-11-5-6-12(13)10(8-11)4-3-7-14/h5-6,8-9,15H,7,14H2,1-2H3. The first-order valence-corrected chi connectivity index (χ1v) is 6.91. The van der Waals surface area contributed by atoms with E-state index in [1.165, 1.54) is 18.2 Å². The third-order valence-electron chi connectivity index (χ3n) is 2.17. The summed E-state index contributed by atoms with van der Waals surface area (Å²) in [5, 5.41) is -0.568. The number of nitrogens with one attached hydrogen (secondary N) is 1. The lowest BCUT2D eigenvalue weighted by atomic mass is 10.2. The first-order valence-electron chi connectivity index (χ1n) is 5.37. The van der Waals surface area contributed by atoms with Crippen LogP contribution in [0.3, 0.4) is 0 Å². The van der Waals surface area contributed by atoms with Gasteiger partial charge in [0, 0.05) is 5.69 Å². The average molecular weight is 270 g/mol. The summed E-state index contributed by atoms with van der Waals surface area (Å²) in [4.78, 5) is 0. The quantitative estimate of drug-likeness (QED) is 0.813. The molecule has 1 aromatic carbocycles. The molecule has 0 aliphatic heterocycles. The van der Waals surface area contributed by atoms with E-state index < -0.39 is 21.1 Å². The number of hydrogen-bond donors (Lipinski definition) is 2. The van der Waals surface area contributed by atoms with Crippen LogP contribution in [0.15, 0.2) is 18.2 Å². The molecular formula is C12H15FN2O2S. The molecule has 18 heavy (non-hydrogen) atoms. The summed E-state index contributed by atoms with van der Waals surface area (Å²) >= 11 is 0. The van der Waals surface area contributed by atoms with Crippen molar-refractivity contribution < 1.29 is 12.8 Å². The number of sulfonamides is 1. The molecule has 0 fully saturated rings. The van der Waals surface area contributed by atoms with Gasteiger partial charge in [-0.3, -0.25) is 4.72 Å². The fraction of sp³-hybridized carbons (Fsp3) is 0.333. The zero-order valence-corrected chi connectivity index (χ0v) is 11.0. The second kappa shape index (κ2) is 5.85. The number of rotatable bonds is 3. The smallest absolute Gasteiger partial charge is 0.235 e. The molecule has 0 amide bonds. The molecule has 0 atom stereocenters. The van der Waals surface area contributed by atoms with Crippen LogP contribution in [0.1, 0.15) is 19.4 Å². The van der Waals surface area contributed by atoms with Gasteiger partial charge < -0.3 is 5.73 Å². The Kier molecular flexibility index (Phi) is 4.70. The molecule has 0 saturated carbocycles. The van der Waals surface area contributed by atoms with Gasteiger partial charge in [0.1, 0.15) is 5.82 Å². The Balaban J connectivity index is 3.06. The second-order valence-corrected chi connectivity index (χ2v) is 6.13. The van der Waals surface area contributed by atoms with Crippen LogP contribution in [0.4, 0.5) is 10.1 Å². The number of hydrogen-bond acceptors (Lipinski definition) is 3. The predicted molar refractivity (Wildman–Crippen MR) is 70.0 cm³/mol. The van der Waals surface area contributed by atoms with Crippen molar-refractivity contribution in [1.82, 2.24) is 0 Å². The van der Waals surface area contributed by atoms with Crippen molar-refractivity contribution in [1.29, 1.82) is 0 Å². The molecule has 0 spiro atoms. The first-order chi connectivity index (χ1) is 8.36. The SMILES string of the molecule is CC(C)S(=O)(=O)Nc1ccc(F)c(C#CCN)c1. The van der Waals surface area contributed by atoms with Crippen molar-refractivity contribution in [3.63, 3.8) is 0 Å². The highest BCUT2D eigenvalue weighted by molar-refractivity contribution is 7.93. The van der Waals surface area contributed by atoms with Gasteiger partial charge in [0.05, 0.1) is 17.4 Å². The molecule has 3 N–H and O–H groups in total. The minimum absolute atomic E-state index is 0.112. The summed E-state index contributed by atoms with van der Waals surface area (Å²) < 4.78 is 39.0. The molecule has 0 aromatic heterocycles. The van der Waals surface area contributed by atoms with Crippen LogP contribution >= 0.6 is 0 Å². The number of halogens is 1. The van der Waals surface area contributed by atoms with Gasteiger partial charge in [-0.25, -0.2) is 12.8 Å². The van der Waals surface area contributed by atoms with E-state index in [-0.39, 0.29) is 17.8 Å². The largest absolute Gasteiger partial charge is 0.320 e. The lowest BCUT2D eigenvalue weighted by molar-refractivity contribution is 0.592. The van der Waals surface area contributed by atoms with Crippen LogP contribution in [0.2, 0.25) is 0 Å². The minimum Gasteiger partial charge on any atom is -0.320 e. The third kappa shape index (κ3) is 3.72. The highest BCUT2D eigenvalue weighted by atomic mass is 32.2. The Hall–Kier alpha value is -1.58. The normalized spacial score (nSPS) is 10.9. The Morgan fingerprint density at radius 1 is 1.44 bits per heavy atom. The van der Waals surface area contributed by atoms with E-state index in [0.29, 0.717) is 0 Å². The molecule has 0 aliphatic rings. The maximum Gasteiger partial charge on any atom is 0.235 e. The molecule has 1 rings (SSSR count). The van der Waals surface area contributed by atoms with Crippen molar-refractivity contribution in [2.24, 2.45) is 5.73 Å². The van der Waals surface area contributed by atoms with Crippen molar-refractivity contribution in [2.75, 3.05) is 11.3 Å². The molecule has 98 valence electrons. The van der Waals surface area contributed by atoms with Crippen LogP contribution in [0.25, 0.3) is 0 Å². The van der Waals surface area contributed by atoms with Gasteiger partial charge >= 0.3 is 0 Å². The minimum atomic E-state index is -3.45. The Bertz CT molecular complexity index is 586. The van der Waals surface area contributed by atoms with Gasteiger partial charge in [-0.2, -0.15) is 0 Å². The van der Waals surface area contributed by atoms with E-state index >= 15 is 0 Å². The monoisotopic (exact) mass is 270 g/mol. The van der Waals surface area contributed by atoms with Crippen molar-refractivity contribution >= 4 is 15.7 Å². The van der Waals surface area contributed by atoms with Crippen molar-refractivity contribution in [3.05, 3.63) is 29.6 Å². The maximum absolute atomic E-state index is 13.4. The van der Waals surface area contributed by atoms with Crippen LogP contribution in [-0.4, -0.2) is 20.2 Å². The number of anilines is 1. The number of benzene rings is 1. The Morgan fingerprint density at radius 2 is 2.11 bits per heavy atom. The Morgan fingerprint density at radius 3 is 2.67 bits per heavy atom. The Labute approximate surface area is 106 Å². The molecule has 0 bridgehead atoms. The van der Waals surface area contributed by atoms with Crippen molar-refractivity contribution in [3.8, 4) is 11.8 Å². The van der Waals surface area contributed by atoms with E-state index in [0.717, 1.165) is 0 Å². The van der Waals surface area contributed by atoms with E-state index in [1.54, 1.807) is 13.8 Å². The zero-order chi connectivity index (χ0) is 13.8. The lowest BCUT2D eigenvalue weighted by Crippen LogP contribution is -2.22. The molecule has 0 radical (unpaired) electrons. The van der Waals surface area contributed by atoms with Crippen molar-refractivity contribution in [2.45, 2.75) is 19.1 Å². The third-order valence-corrected chi connectivity index (χ3v) is 3.93. The zero-order valence-electron chi connectivity index (χ0n) is 10.2. The van der Waals surface area contributed by atoms with E-state index in [9.17, 15) is 12.8 Å². The summed E-state index contributed by atoms with van der Waals surface area (Å²) in [7, 11) is -3.45. The van der Waals surface area contributed by atoms with E-state index in [4.69, 9.17) is 5.73 Å². The van der Waals surface area contributed by atoms with Gasteiger partial charge in [-0.15, -0.1) is 0 Å². The fourth-order valence-corrected chi connectivity index (χ4v) is 1.80. The topological polar surface area (TPSA) is 72.2 Å². The first kappa shape index (κ1) is 14.5. The molecule has 0 heterocycles. The summed E-state index contributed by atoms with van der Waals surface area (Å²) in [6, 6.07) is 3.86. The molecule has 0 saturated heterocycles.